The van der Waals surface area contributed by atoms with Gasteiger partial charge in [-0.15, -0.1) is 0 Å². The van der Waals surface area contributed by atoms with E-state index in [0.717, 1.165) is 23.3 Å². The largest absolute Gasteiger partial charge is 0.496 e. The number of benzene rings is 1. The van der Waals surface area contributed by atoms with Crippen molar-refractivity contribution in [3.8, 4) is 5.75 Å². The van der Waals surface area contributed by atoms with Crippen molar-refractivity contribution < 1.29 is 19.4 Å². The molecule has 0 bridgehead atoms. The third-order valence-electron chi connectivity index (χ3n) is 4.03. The second-order valence-corrected chi connectivity index (χ2v) is 5.65. The predicted molar refractivity (Wildman–Crippen MR) is 79.6 cm³/mol. The molecule has 1 aromatic rings. The Morgan fingerprint density at radius 1 is 1.52 bits per heavy atom. The zero-order valence-electron chi connectivity index (χ0n) is 12.6. The molecule has 1 fully saturated rings. The third kappa shape index (κ3) is 3.74. The molecule has 1 atom stereocenters. The number of nitrogens with one attached hydrogen (secondary N) is 1. The Hall–Kier alpha value is -1.59. The quantitative estimate of drug-likeness (QED) is 0.839. The lowest BCUT2D eigenvalue weighted by atomic mass is 9.82. The topological polar surface area (TPSA) is 67.8 Å². The van der Waals surface area contributed by atoms with Crippen LogP contribution in [0.2, 0.25) is 0 Å². The summed E-state index contributed by atoms with van der Waals surface area (Å²) in [4.78, 5) is 11.5. The molecule has 1 saturated heterocycles. The van der Waals surface area contributed by atoms with E-state index in [1.165, 1.54) is 0 Å². The summed E-state index contributed by atoms with van der Waals surface area (Å²) in [7, 11) is 1.65. The molecule has 0 aliphatic carbocycles. The van der Waals surface area contributed by atoms with Crippen molar-refractivity contribution in [3.63, 3.8) is 0 Å². The van der Waals surface area contributed by atoms with E-state index in [0.29, 0.717) is 26.1 Å². The Kier molecular flexibility index (Phi) is 5.20. The molecule has 5 heteroatoms. The van der Waals surface area contributed by atoms with Gasteiger partial charge in [0.1, 0.15) is 11.2 Å². The van der Waals surface area contributed by atoms with Crippen LogP contribution >= 0.6 is 0 Å². The maximum atomic E-state index is 11.5. The highest BCUT2D eigenvalue weighted by Gasteiger charge is 2.40. The number of carboxylic acid groups (broad SMARTS) is 1. The van der Waals surface area contributed by atoms with Crippen molar-refractivity contribution in [1.29, 1.82) is 0 Å². The van der Waals surface area contributed by atoms with Crippen LogP contribution in [-0.4, -0.2) is 37.9 Å². The Bertz CT molecular complexity index is 495. The summed E-state index contributed by atoms with van der Waals surface area (Å²) < 4.78 is 10.6. The zero-order valence-corrected chi connectivity index (χ0v) is 12.6. The van der Waals surface area contributed by atoms with E-state index in [-0.39, 0.29) is 6.61 Å². The molecule has 116 valence electrons. The van der Waals surface area contributed by atoms with E-state index in [9.17, 15) is 9.90 Å². The van der Waals surface area contributed by atoms with Crippen molar-refractivity contribution >= 4 is 5.97 Å². The van der Waals surface area contributed by atoms with Crippen LogP contribution in [-0.2, 0) is 16.1 Å². The lowest BCUT2D eigenvalue weighted by molar-refractivity contribution is -0.156. The number of hydrogen-bond acceptors (Lipinski definition) is 4. The lowest BCUT2D eigenvalue weighted by Gasteiger charge is -2.33. The minimum Gasteiger partial charge on any atom is -0.496 e. The fourth-order valence-corrected chi connectivity index (χ4v) is 2.73. The van der Waals surface area contributed by atoms with Gasteiger partial charge in [0.15, 0.2) is 0 Å². The van der Waals surface area contributed by atoms with Crippen LogP contribution in [0.25, 0.3) is 0 Å². The normalized spacial score (nSPS) is 22.0. The van der Waals surface area contributed by atoms with Gasteiger partial charge >= 0.3 is 5.97 Å². The van der Waals surface area contributed by atoms with Crippen molar-refractivity contribution in [2.75, 3.05) is 26.9 Å². The lowest BCUT2D eigenvalue weighted by Crippen LogP contribution is -2.46. The minimum absolute atomic E-state index is 0.289. The van der Waals surface area contributed by atoms with Gasteiger partial charge in [-0.3, -0.25) is 4.79 Å². The Morgan fingerprint density at radius 2 is 2.33 bits per heavy atom. The summed E-state index contributed by atoms with van der Waals surface area (Å²) in [5, 5.41) is 12.7. The number of rotatable bonds is 6. The molecule has 5 nitrogen and oxygen atoms in total. The van der Waals surface area contributed by atoms with Gasteiger partial charge in [0.2, 0.25) is 0 Å². The second-order valence-electron chi connectivity index (χ2n) is 5.65. The molecule has 1 unspecified atom stereocenters. The SMILES string of the molecule is COc1ccc(CNCC2(C(=O)O)CCCOC2)cc1C. The fraction of sp³-hybridized carbons (Fsp3) is 0.562. The van der Waals surface area contributed by atoms with Crippen LogP contribution in [0.3, 0.4) is 0 Å². The van der Waals surface area contributed by atoms with Crippen LogP contribution in [0.1, 0.15) is 24.0 Å². The average Bonchev–Trinajstić information content (AvgIpc) is 2.48. The van der Waals surface area contributed by atoms with Gasteiger partial charge < -0.3 is 19.9 Å². The van der Waals surface area contributed by atoms with Crippen molar-refractivity contribution in [3.05, 3.63) is 29.3 Å². The monoisotopic (exact) mass is 293 g/mol. The number of ether oxygens (including phenoxy) is 2. The first kappa shape index (κ1) is 15.8. The van der Waals surface area contributed by atoms with E-state index in [1.807, 2.05) is 19.1 Å². The molecule has 0 aromatic heterocycles. The number of carboxylic acids is 1. The summed E-state index contributed by atoms with van der Waals surface area (Å²) in [5.74, 6) is 0.0852. The summed E-state index contributed by atoms with van der Waals surface area (Å²) in [6, 6.07) is 5.98. The van der Waals surface area contributed by atoms with E-state index >= 15 is 0 Å². The van der Waals surface area contributed by atoms with E-state index in [4.69, 9.17) is 9.47 Å². The Labute approximate surface area is 125 Å². The van der Waals surface area contributed by atoms with Gasteiger partial charge in [0.25, 0.3) is 0 Å². The van der Waals surface area contributed by atoms with Gasteiger partial charge in [-0.1, -0.05) is 12.1 Å². The second kappa shape index (κ2) is 6.91. The number of aryl methyl sites for hydroxylation is 1. The number of carbonyl (C=O) groups is 1. The van der Waals surface area contributed by atoms with Crippen LogP contribution in [0.4, 0.5) is 0 Å². The first-order chi connectivity index (χ1) is 10.1. The Morgan fingerprint density at radius 3 is 2.90 bits per heavy atom. The van der Waals surface area contributed by atoms with Gasteiger partial charge in [0, 0.05) is 19.7 Å². The fourth-order valence-electron chi connectivity index (χ4n) is 2.73. The third-order valence-corrected chi connectivity index (χ3v) is 4.03. The molecule has 1 heterocycles. The average molecular weight is 293 g/mol. The maximum absolute atomic E-state index is 11.5. The van der Waals surface area contributed by atoms with Crippen LogP contribution in [0, 0.1) is 12.3 Å². The van der Waals surface area contributed by atoms with Crippen LogP contribution < -0.4 is 10.1 Å². The molecule has 1 aliphatic heterocycles. The van der Waals surface area contributed by atoms with Gasteiger partial charge in [0.05, 0.1) is 13.7 Å². The number of methoxy groups -OCH3 is 1. The van der Waals surface area contributed by atoms with Gasteiger partial charge in [-0.2, -0.15) is 0 Å². The molecule has 21 heavy (non-hydrogen) atoms. The highest BCUT2D eigenvalue weighted by atomic mass is 16.5. The smallest absolute Gasteiger partial charge is 0.313 e. The molecule has 2 N–H and O–H groups in total. The molecular formula is C16H23NO4. The minimum atomic E-state index is -0.792. The molecule has 0 amide bonds. The van der Waals surface area contributed by atoms with E-state index in [1.54, 1.807) is 7.11 Å². The molecular weight excluding hydrogens is 270 g/mol. The van der Waals surface area contributed by atoms with Crippen molar-refractivity contribution in [1.82, 2.24) is 5.32 Å². The van der Waals surface area contributed by atoms with Crippen molar-refractivity contribution in [2.24, 2.45) is 5.41 Å². The first-order valence-corrected chi connectivity index (χ1v) is 7.23. The Balaban J connectivity index is 1.93. The van der Waals surface area contributed by atoms with Crippen molar-refractivity contribution in [2.45, 2.75) is 26.3 Å². The predicted octanol–water partition coefficient (Wildman–Crippen LogP) is 1.97. The molecule has 0 saturated carbocycles. The first-order valence-electron chi connectivity index (χ1n) is 7.23. The van der Waals surface area contributed by atoms with Crippen LogP contribution in [0.5, 0.6) is 5.75 Å². The standard InChI is InChI=1S/C16H23NO4/c1-12-8-13(4-5-14(12)20-2)9-17-10-16(15(18)19)6-3-7-21-11-16/h4-5,8,17H,3,6-7,9-11H2,1-2H3,(H,18,19). The molecule has 1 aliphatic rings. The molecule has 1 aromatic carbocycles. The molecule has 0 radical (unpaired) electrons. The van der Waals surface area contributed by atoms with E-state index in [2.05, 4.69) is 11.4 Å². The zero-order chi connectivity index (χ0) is 15.3. The summed E-state index contributed by atoms with van der Waals surface area (Å²) in [6.45, 7) is 4.01. The number of hydrogen-bond donors (Lipinski definition) is 2. The van der Waals surface area contributed by atoms with Crippen LogP contribution in [0.15, 0.2) is 18.2 Å². The summed E-state index contributed by atoms with van der Waals surface area (Å²) >= 11 is 0. The summed E-state index contributed by atoms with van der Waals surface area (Å²) in [5.41, 5.74) is 1.40. The highest BCUT2D eigenvalue weighted by Crippen LogP contribution is 2.28. The summed E-state index contributed by atoms with van der Waals surface area (Å²) in [6.07, 6.45) is 1.46. The number of aliphatic carboxylic acids is 1. The van der Waals surface area contributed by atoms with E-state index < -0.39 is 11.4 Å². The molecule has 0 spiro atoms. The van der Waals surface area contributed by atoms with Gasteiger partial charge in [-0.25, -0.2) is 0 Å². The maximum Gasteiger partial charge on any atom is 0.313 e. The van der Waals surface area contributed by atoms with Gasteiger partial charge in [-0.05, 0) is 37.0 Å². The highest BCUT2D eigenvalue weighted by molar-refractivity contribution is 5.75. The molecule has 2 rings (SSSR count).